The summed E-state index contributed by atoms with van der Waals surface area (Å²) in [6, 6.07) is 9.77. The average Bonchev–Trinajstić information content (AvgIpc) is 2.36. The maximum Gasteiger partial charge on any atom is 0.242 e. The van der Waals surface area contributed by atoms with E-state index in [-0.39, 0.29) is 11.4 Å². The molecule has 0 unspecified atom stereocenters. The van der Waals surface area contributed by atoms with Crippen LogP contribution in [0.15, 0.2) is 30.3 Å². The van der Waals surface area contributed by atoms with Crippen LogP contribution in [-0.2, 0) is 4.79 Å². The van der Waals surface area contributed by atoms with Crippen molar-refractivity contribution < 1.29 is 4.79 Å². The number of nitrogens with zero attached hydrogens (tertiary/aromatic N) is 1. The molecule has 0 saturated heterocycles. The van der Waals surface area contributed by atoms with Crippen molar-refractivity contribution in [3.8, 4) is 0 Å². The Bertz CT molecular complexity index is 360. The number of amides is 1. The van der Waals surface area contributed by atoms with E-state index >= 15 is 0 Å². The summed E-state index contributed by atoms with van der Waals surface area (Å²) < 4.78 is 0. The molecule has 0 saturated carbocycles. The van der Waals surface area contributed by atoms with E-state index in [2.05, 4.69) is 26.1 Å². The second kappa shape index (κ2) is 5.71. The fraction of sp³-hybridized carbons (Fsp3) is 0.500. The first-order valence-corrected chi connectivity index (χ1v) is 6.03. The highest BCUT2D eigenvalue weighted by Crippen LogP contribution is 2.16. The zero-order valence-corrected chi connectivity index (χ0v) is 11.2. The van der Waals surface area contributed by atoms with E-state index in [0.717, 1.165) is 12.1 Å². The summed E-state index contributed by atoms with van der Waals surface area (Å²) in [7, 11) is 1.86. The summed E-state index contributed by atoms with van der Waals surface area (Å²) in [6.07, 6.45) is 0.945. The number of carbonyl (C=O) groups is 1. The van der Waals surface area contributed by atoms with Crippen molar-refractivity contribution in [2.75, 3.05) is 18.9 Å². The lowest BCUT2D eigenvalue weighted by atomic mass is 10.00. The van der Waals surface area contributed by atoms with Gasteiger partial charge in [-0.15, -0.1) is 0 Å². The first-order valence-electron chi connectivity index (χ1n) is 6.03. The van der Waals surface area contributed by atoms with Crippen molar-refractivity contribution in [2.24, 2.45) is 0 Å². The highest BCUT2D eigenvalue weighted by atomic mass is 16.2. The maximum atomic E-state index is 12.0. The molecular formula is C14H22N2O. The van der Waals surface area contributed by atoms with Gasteiger partial charge in [-0.25, -0.2) is 0 Å². The molecule has 0 fully saturated rings. The number of likely N-dealkylation sites (N-methyl/N-ethyl adjacent to an activating group) is 1. The number of rotatable bonds is 5. The van der Waals surface area contributed by atoms with Crippen LogP contribution in [0.3, 0.4) is 0 Å². The summed E-state index contributed by atoms with van der Waals surface area (Å²) in [6.45, 7) is 6.58. The van der Waals surface area contributed by atoms with Crippen molar-refractivity contribution >= 4 is 11.6 Å². The molecule has 0 aliphatic rings. The van der Waals surface area contributed by atoms with Crippen LogP contribution in [0, 0.1) is 0 Å². The van der Waals surface area contributed by atoms with Gasteiger partial charge in [-0.2, -0.15) is 0 Å². The van der Waals surface area contributed by atoms with Crippen molar-refractivity contribution in [1.82, 2.24) is 4.90 Å². The topological polar surface area (TPSA) is 32.3 Å². The van der Waals surface area contributed by atoms with Gasteiger partial charge in [0, 0.05) is 18.3 Å². The van der Waals surface area contributed by atoms with E-state index in [4.69, 9.17) is 0 Å². The van der Waals surface area contributed by atoms with Gasteiger partial charge in [-0.3, -0.25) is 4.79 Å². The molecule has 0 bridgehead atoms. The molecule has 1 aromatic carbocycles. The van der Waals surface area contributed by atoms with Gasteiger partial charge in [0.1, 0.15) is 0 Å². The van der Waals surface area contributed by atoms with Crippen molar-refractivity contribution in [1.29, 1.82) is 0 Å². The summed E-state index contributed by atoms with van der Waals surface area (Å²) in [4.78, 5) is 13.8. The number of benzene rings is 1. The van der Waals surface area contributed by atoms with Gasteiger partial charge in [0.2, 0.25) is 5.91 Å². The highest BCUT2D eigenvalue weighted by Gasteiger charge is 2.24. The fourth-order valence-corrected chi connectivity index (χ4v) is 1.43. The van der Waals surface area contributed by atoms with Crippen LogP contribution < -0.4 is 5.32 Å². The largest absolute Gasteiger partial charge is 0.376 e. The molecule has 94 valence electrons. The normalized spacial score (nSPS) is 11.1. The SMILES string of the molecule is CCC(C)(C)N(C)C(=O)CNc1ccccc1. The molecule has 17 heavy (non-hydrogen) atoms. The summed E-state index contributed by atoms with van der Waals surface area (Å²) >= 11 is 0. The Morgan fingerprint density at radius 3 is 2.41 bits per heavy atom. The summed E-state index contributed by atoms with van der Waals surface area (Å²) in [5.74, 6) is 0.112. The first-order chi connectivity index (χ1) is 7.97. The number of nitrogens with one attached hydrogen (secondary N) is 1. The Kier molecular flexibility index (Phi) is 4.55. The molecule has 0 atom stereocenters. The Hall–Kier alpha value is -1.51. The smallest absolute Gasteiger partial charge is 0.242 e. The number of para-hydroxylation sites is 1. The van der Waals surface area contributed by atoms with E-state index in [1.807, 2.05) is 42.3 Å². The Morgan fingerprint density at radius 1 is 1.29 bits per heavy atom. The van der Waals surface area contributed by atoms with Crippen LogP contribution in [0.25, 0.3) is 0 Å². The van der Waals surface area contributed by atoms with Gasteiger partial charge < -0.3 is 10.2 Å². The second-order valence-electron chi connectivity index (χ2n) is 4.84. The lowest BCUT2D eigenvalue weighted by Gasteiger charge is -2.35. The Labute approximate surface area is 104 Å². The van der Waals surface area contributed by atoms with Crippen LogP contribution in [-0.4, -0.2) is 29.9 Å². The lowest BCUT2D eigenvalue weighted by Crippen LogP contribution is -2.46. The molecule has 1 rings (SSSR count). The van der Waals surface area contributed by atoms with Crippen molar-refractivity contribution in [2.45, 2.75) is 32.7 Å². The molecule has 0 aliphatic carbocycles. The minimum absolute atomic E-state index is 0.0878. The zero-order chi connectivity index (χ0) is 12.9. The molecule has 0 aromatic heterocycles. The Balaban J connectivity index is 2.51. The monoisotopic (exact) mass is 234 g/mol. The predicted molar refractivity (Wildman–Crippen MR) is 72.1 cm³/mol. The van der Waals surface area contributed by atoms with Crippen LogP contribution >= 0.6 is 0 Å². The van der Waals surface area contributed by atoms with Crippen LogP contribution in [0.2, 0.25) is 0 Å². The molecule has 0 radical (unpaired) electrons. The van der Waals surface area contributed by atoms with E-state index in [9.17, 15) is 4.79 Å². The zero-order valence-electron chi connectivity index (χ0n) is 11.2. The minimum Gasteiger partial charge on any atom is -0.376 e. The third-order valence-corrected chi connectivity index (χ3v) is 3.36. The molecule has 1 N–H and O–H groups in total. The number of hydrogen-bond acceptors (Lipinski definition) is 2. The molecule has 0 spiro atoms. The van der Waals surface area contributed by atoms with Gasteiger partial charge >= 0.3 is 0 Å². The number of carbonyl (C=O) groups excluding carboxylic acids is 1. The number of anilines is 1. The van der Waals surface area contributed by atoms with E-state index in [1.165, 1.54) is 0 Å². The molecule has 1 amide bonds. The number of hydrogen-bond donors (Lipinski definition) is 1. The third kappa shape index (κ3) is 3.77. The van der Waals surface area contributed by atoms with E-state index in [1.54, 1.807) is 0 Å². The van der Waals surface area contributed by atoms with Gasteiger partial charge in [0.15, 0.2) is 0 Å². The van der Waals surface area contributed by atoms with Crippen molar-refractivity contribution in [3.63, 3.8) is 0 Å². The first kappa shape index (κ1) is 13.6. The van der Waals surface area contributed by atoms with Gasteiger partial charge in [-0.1, -0.05) is 25.1 Å². The van der Waals surface area contributed by atoms with Gasteiger partial charge in [0.25, 0.3) is 0 Å². The fourth-order valence-electron chi connectivity index (χ4n) is 1.43. The molecule has 1 aromatic rings. The van der Waals surface area contributed by atoms with Crippen molar-refractivity contribution in [3.05, 3.63) is 30.3 Å². The summed E-state index contributed by atoms with van der Waals surface area (Å²) in [5.41, 5.74) is 0.888. The molecule has 3 nitrogen and oxygen atoms in total. The average molecular weight is 234 g/mol. The predicted octanol–water partition coefficient (Wildman–Crippen LogP) is 2.75. The van der Waals surface area contributed by atoms with E-state index < -0.39 is 0 Å². The highest BCUT2D eigenvalue weighted by molar-refractivity contribution is 5.81. The molecule has 3 heteroatoms. The summed E-state index contributed by atoms with van der Waals surface area (Å²) in [5, 5.41) is 3.13. The molecule has 0 heterocycles. The lowest BCUT2D eigenvalue weighted by molar-refractivity contribution is -0.132. The molecular weight excluding hydrogens is 212 g/mol. The third-order valence-electron chi connectivity index (χ3n) is 3.36. The molecule has 0 aliphatic heterocycles. The standard InChI is InChI=1S/C14H22N2O/c1-5-14(2,3)16(4)13(17)11-15-12-9-7-6-8-10-12/h6-10,15H,5,11H2,1-4H3. The van der Waals surface area contributed by atoms with E-state index in [0.29, 0.717) is 6.54 Å². The Morgan fingerprint density at radius 2 is 1.88 bits per heavy atom. The van der Waals surface area contributed by atoms with Crippen LogP contribution in [0.1, 0.15) is 27.2 Å². The van der Waals surface area contributed by atoms with Crippen LogP contribution in [0.4, 0.5) is 5.69 Å². The van der Waals surface area contributed by atoms with Gasteiger partial charge in [0.05, 0.1) is 6.54 Å². The second-order valence-corrected chi connectivity index (χ2v) is 4.84. The quantitative estimate of drug-likeness (QED) is 0.849. The maximum absolute atomic E-state index is 12.0. The van der Waals surface area contributed by atoms with Crippen LogP contribution in [0.5, 0.6) is 0 Å². The minimum atomic E-state index is -0.0878. The van der Waals surface area contributed by atoms with Gasteiger partial charge in [-0.05, 0) is 32.4 Å².